The zero-order chi connectivity index (χ0) is 14.2. The lowest BCUT2D eigenvalue weighted by Gasteiger charge is -2.45. The van der Waals surface area contributed by atoms with Crippen LogP contribution in [0.3, 0.4) is 0 Å². The Labute approximate surface area is 123 Å². The summed E-state index contributed by atoms with van der Waals surface area (Å²) in [5.74, 6) is 0. The van der Waals surface area contributed by atoms with Crippen LogP contribution in [0, 0.1) is 13.8 Å². The third-order valence-electron chi connectivity index (χ3n) is 5.42. The Bertz CT molecular complexity index is 474. The third-order valence-corrected chi connectivity index (χ3v) is 5.42. The van der Waals surface area contributed by atoms with E-state index in [0.29, 0.717) is 11.6 Å². The third kappa shape index (κ3) is 2.77. The molecule has 0 amide bonds. The molecule has 0 bridgehead atoms. The Kier molecular flexibility index (Phi) is 3.87. The van der Waals surface area contributed by atoms with Crippen molar-refractivity contribution in [2.45, 2.75) is 64.6 Å². The van der Waals surface area contributed by atoms with Gasteiger partial charge in [-0.05, 0) is 50.3 Å². The molecule has 3 rings (SSSR count). The highest BCUT2D eigenvalue weighted by molar-refractivity contribution is 5.30. The van der Waals surface area contributed by atoms with Crippen LogP contribution in [0.2, 0.25) is 0 Å². The van der Waals surface area contributed by atoms with Gasteiger partial charge in [0.2, 0.25) is 0 Å². The first-order chi connectivity index (χ1) is 9.58. The zero-order valence-corrected chi connectivity index (χ0v) is 13.2. The van der Waals surface area contributed by atoms with E-state index in [4.69, 9.17) is 0 Å². The first-order valence-electron chi connectivity index (χ1n) is 8.13. The van der Waals surface area contributed by atoms with Crippen LogP contribution in [0.25, 0.3) is 0 Å². The zero-order valence-electron chi connectivity index (χ0n) is 13.2. The summed E-state index contributed by atoms with van der Waals surface area (Å²) in [7, 11) is 0. The topological polar surface area (TPSA) is 15.3 Å². The molecule has 0 radical (unpaired) electrons. The second kappa shape index (κ2) is 5.50. The molecule has 0 aromatic heterocycles. The van der Waals surface area contributed by atoms with E-state index >= 15 is 0 Å². The molecule has 1 aromatic carbocycles. The number of benzene rings is 1. The Morgan fingerprint density at radius 1 is 1.20 bits per heavy atom. The molecule has 1 aliphatic heterocycles. The molecule has 1 spiro atoms. The average molecular weight is 272 g/mol. The summed E-state index contributed by atoms with van der Waals surface area (Å²) in [6.45, 7) is 10.2. The van der Waals surface area contributed by atoms with Crippen LogP contribution >= 0.6 is 0 Å². The lowest BCUT2D eigenvalue weighted by Crippen LogP contribution is -2.62. The molecule has 1 N–H and O–H groups in total. The summed E-state index contributed by atoms with van der Waals surface area (Å²) in [6.07, 6.45) is 5.53. The summed E-state index contributed by atoms with van der Waals surface area (Å²) >= 11 is 0. The van der Waals surface area contributed by atoms with E-state index in [-0.39, 0.29) is 0 Å². The Morgan fingerprint density at radius 3 is 2.65 bits per heavy atom. The summed E-state index contributed by atoms with van der Waals surface area (Å²) in [5, 5.41) is 3.84. The lowest BCUT2D eigenvalue weighted by atomic mass is 9.92. The summed E-state index contributed by atoms with van der Waals surface area (Å²) < 4.78 is 0. The number of rotatable bonds is 2. The van der Waals surface area contributed by atoms with Crippen LogP contribution in [-0.4, -0.2) is 29.6 Å². The second-order valence-corrected chi connectivity index (χ2v) is 7.04. The maximum Gasteiger partial charge on any atom is 0.0309 e. The highest BCUT2D eigenvalue weighted by Crippen LogP contribution is 2.33. The fourth-order valence-corrected chi connectivity index (χ4v) is 3.83. The smallest absolute Gasteiger partial charge is 0.0309 e. The average Bonchev–Trinajstić information content (AvgIpc) is 2.87. The minimum atomic E-state index is 0.423. The largest absolute Gasteiger partial charge is 0.308 e. The number of nitrogens with zero attached hydrogens (tertiary/aromatic N) is 1. The van der Waals surface area contributed by atoms with E-state index in [9.17, 15) is 0 Å². The first-order valence-corrected chi connectivity index (χ1v) is 8.13. The fourth-order valence-electron chi connectivity index (χ4n) is 3.83. The van der Waals surface area contributed by atoms with E-state index in [1.807, 2.05) is 0 Å². The Balaban J connectivity index is 1.72. The molecule has 1 aliphatic carbocycles. The van der Waals surface area contributed by atoms with Crippen LogP contribution in [0.15, 0.2) is 18.2 Å². The van der Waals surface area contributed by atoms with Crippen molar-refractivity contribution in [3.05, 3.63) is 34.9 Å². The van der Waals surface area contributed by atoms with Gasteiger partial charge in [-0.3, -0.25) is 4.90 Å². The molecular weight excluding hydrogens is 244 g/mol. The molecule has 1 heterocycles. The van der Waals surface area contributed by atoms with Gasteiger partial charge in [-0.15, -0.1) is 0 Å². The van der Waals surface area contributed by atoms with Crippen molar-refractivity contribution in [1.82, 2.24) is 10.2 Å². The highest BCUT2D eigenvalue weighted by Gasteiger charge is 2.39. The van der Waals surface area contributed by atoms with Gasteiger partial charge in [0, 0.05) is 31.2 Å². The monoisotopic (exact) mass is 272 g/mol. The molecule has 110 valence electrons. The minimum Gasteiger partial charge on any atom is -0.308 e. The molecule has 2 aliphatic rings. The summed E-state index contributed by atoms with van der Waals surface area (Å²) in [6, 6.07) is 7.58. The molecule has 1 unspecified atom stereocenters. The fraction of sp³-hybridized carbons (Fsp3) is 0.667. The van der Waals surface area contributed by atoms with E-state index < -0.39 is 0 Å². The van der Waals surface area contributed by atoms with E-state index in [1.54, 1.807) is 0 Å². The van der Waals surface area contributed by atoms with Crippen LogP contribution in [-0.2, 0) is 6.54 Å². The highest BCUT2D eigenvalue weighted by atomic mass is 15.2. The van der Waals surface area contributed by atoms with Crippen molar-refractivity contribution in [1.29, 1.82) is 0 Å². The molecule has 20 heavy (non-hydrogen) atoms. The van der Waals surface area contributed by atoms with E-state index in [1.165, 1.54) is 48.9 Å². The van der Waals surface area contributed by atoms with E-state index in [0.717, 1.165) is 13.1 Å². The normalized spacial score (nSPS) is 26.2. The number of nitrogens with one attached hydrogen (secondary N) is 1. The maximum atomic E-state index is 3.84. The number of piperazine rings is 1. The van der Waals surface area contributed by atoms with Gasteiger partial charge in [0.05, 0.1) is 0 Å². The van der Waals surface area contributed by atoms with Crippen LogP contribution in [0.4, 0.5) is 0 Å². The molecule has 1 aromatic rings. The van der Waals surface area contributed by atoms with Crippen molar-refractivity contribution < 1.29 is 0 Å². The van der Waals surface area contributed by atoms with E-state index in [2.05, 4.69) is 49.2 Å². The standard InChI is InChI=1S/C18H28N2/c1-14-6-7-17(10-15(14)2)12-20-13-18(8-4-5-9-18)19-11-16(20)3/h6-7,10,16,19H,4-5,8-9,11-13H2,1-3H3. The van der Waals surface area contributed by atoms with Crippen molar-refractivity contribution in [2.75, 3.05) is 13.1 Å². The van der Waals surface area contributed by atoms with Crippen LogP contribution in [0.5, 0.6) is 0 Å². The summed E-state index contributed by atoms with van der Waals surface area (Å²) in [4.78, 5) is 2.69. The Morgan fingerprint density at radius 2 is 1.95 bits per heavy atom. The van der Waals surface area contributed by atoms with Gasteiger partial charge in [0.1, 0.15) is 0 Å². The van der Waals surface area contributed by atoms with Crippen molar-refractivity contribution in [3.63, 3.8) is 0 Å². The molecule has 2 heteroatoms. The van der Waals surface area contributed by atoms with Crippen molar-refractivity contribution >= 4 is 0 Å². The molecular formula is C18H28N2. The van der Waals surface area contributed by atoms with Gasteiger partial charge in [-0.25, -0.2) is 0 Å². The van der Waals surface area contributed by atoms with Gasteiger partial charge < -0.3 is 5.32 Å². The predicted molar refractivity (Wildman–Crippen MR) is 85.0 cm³/mol. The molecule has 1 saturated heterocycles. The Hall–Kier alpha value is -0.860. The van der Waals surface area contributed by atoms with Gasteiger partial charge in [0.15, 0.2) is 0 Å². The maximum absolute atomic E-state index is 3.84. The van der Waals surface area contributed by atoms with Gasteiger partial charge >= 0.3 is 0 Å². The summed E-state index contributed by atoms with van der Waals surface area (Å²) in [5.41, 5.74) is 4.71. The lowest BCUT2D eigenvalue weighted by molar-refractivity contribution is 0.0826. The van der Waals surface area contributed by atoms with Crippen LogP contribution in [0.1, 0.15) is 49.3 Å². The predicted octanol–water partition coefficient (Wildman–Crippen LogP) is 3.41. The van der Waals surface area contributed by atoms with Gasteiger partial charge in [0.25, 0.3) is 0 Å². The van der Waals surface area contributed by atoms with Crippen molar-refractivity contribution in [2.24, 2.45) is 0 Å². The quantitative estimate of drug-likeness (QED) is 0.887. The first kappa shape index (κ1) is 14.1. The number of hydrogen-bond donors (Lipinski definition) is 1. The molecule has 1 saturated carbocycles. The van der Waals surface area contributed by atoms with Crippen LogP contribution < -0.4 is 5.32 Å². The minimum absolute atomic E-state index is 0.423. The van der Waals surface area contributed by atoms with Gasteiger partial charge in [-0.1, -0.05) is 31.0 Å². The molecule has 2 fully saturated rings. The molecule has 1 atom stereocenters. The number of aryl methyl sites for hydroxylation is 2. The second-order valence-electron chi connectivity index (χ2n) is 7.04. The van der Waals surface area contributed by atoms with Gasteiger partial charge in [-0.2, -0.15) is 0 Å². The van der Waals surface area contributed by atoms with Crippen molar-refractivity contribution in [3.8, 4) is 0 Å². The molecule has 2 nitrogen and oxygen atoms in total. The number of hydrogen-bond acceptors (Lipinski definition) is 2. The SMILES string of the molecule is Cc1ccc(CN2CC3(CCCC3)NCC2C)cc1C.